The van der Waals surface area contributed by atoms with Crippen LogP contribution in [-0.2, 0) is 9.53 Å². The Kier molecular flexibility index (Phi) is 2.00. The van der Waals surface area contributed by atoms with Crippen molar-refractivity contribution in [3.63, 3.8) is 0 Å². The van der Waals surface area contributed by atoms with Crippen LogP contribution in [0, 0.1) is 0 Å². The van der Waals surface area contributed by atoms with Crippen LogP contribution in [0.15, 0.2) is 11.2 Å². The van der Waals surface area contributed by atoms with Crippen molar-refractivity contribution < 1.29 is 9.53 Å². The first-order valence-electron chi connectivity index (χ1n) is 4.08. The molecule has 0 aromatic carbocycles. The first kappa shape index (κ1) is 7.98. The highest BCUT2D eigenvalue weighted by molar-refractivity contribution is 8.04. The Bertz CT molecular complexity index is 239. The van der Waals surface area contributed by atoms with Crippen molar-refractivity contribution in [1.29, 1.82) is 0 Å². The molecule has 0 saturated carbocycles. The number of carbonyl (C=O) groups is 1. The minimum atomic E-state index is 0.271. The van der Waals surface area contributed by atoms with E-state index in [2.05, 4.69) is 0 Å². The highest BCUT2D eigenvalue weighted by Crippen LogP contribution is 2.41. The molecule has 2 saturated heterocycles. The Morgan fingerprint density at radius 2 is 2.67 bits per heavy atom. The summed E-state index contributed by atoms with van der Waals surface area (Å²) in [5.41, 5.74) is 0. The maximum atomic E-state index is 11.0. The van der Waals surface area contributed by atoms with Crippen LogP contribution in [0.4, 0.5) is 0 Å². The highest BCUT2D eigenvalue weighted by atomic mass is 32.2. The van der Waals surface area contributed by atoms with Crippen LogP contribution in [0.2, 0.25) is 0 Å². The molecule has 0 unspecified atom stereocenters. The van der Waals surface area contributed by atoms with Crippen LogP contribution < -0.4 is 0 Å². The molecule has 2 rings (SSSR count). The zero-order valence-corrected chi connectivity index (χ0v) is 7.76. The molecule has 3 nitrogen and oxygen atoms in total. The summed E-state index contributed by atoms with van der Waals surface area (Å²) in [6.07, 6.45) is 2.48. The molecule has 0 N–H and O–H groups in total. The molecule has 0 bridgehead atoms. The first-order chi connectivity index (χ1) is 5.81. The van der Waals surface area contributed by atoms with Crippen LogP contribution in [-0.4, -0.2) is 29.3 Å². The number of hydrogen-bond acceptors (Lipinski definition) is 3. The Labute approximate surface area is 75.8 Å². The van der Waals surface area contributed by atoms with Crippen molar-refractivity contribution in [1.82, 2.24) is 4.90 Å². The van der Waals surface area contributed by atoms with E-state index in [1.807, 2.05) is 11.8 Å². The molecule has 66 valence electrons. The van der Waals surface area contributed by atoms with Crippen molar-refractivity contribution in [3.8, 4) is 0 Å². The van der Waals surface area contributed by atoms with Crippen LogP contribution in [0.3, 0.4) is 0 Å². The van der Waals surface area contributed by atoms with Gasteiger partial charge in [-0.1, -0.05) is 11.8 Å². The summed E-state index contributed by atoms with van der Waals surface area (Å²) >= 11 is 1.75. The summed E-state index contributed by atoms with van der Waals surface area (Å²) in [4.78, 5) is 14.0. The lowest BCUT2D eigenvalue weighted by Crippen LogP contribution is -2.46. The van der Waals surface area contributed by atoms with Crippen LogP contribution in [0.25, 0.3) is 0 Å². The largest absolute Gasteiger partial charge is 0.501 e. The maximum absolute atomic E-state index is 11.0. The van der Waals surface area contributed by atoms with Gasteiger partial charge in [0.1, 0.15) is 0 Å². The lowest BCUT2D eigenvalue weighted by atomic mass is 10.2. The van der Waals surface area contributed by atoms with Gasteiger partial charge in [-0.05, 0) is 6.92 Å². The highest BCUT2D eigenvalue weighted by Gasteiger charge is 2.42. The lowest BCUT2D eigenvalue weighted by molar-refractivity contribution is -0.140. The molecular weight excluding hydrogens is 174 g/mol. The fraction of sp³-hybridized carbons (Fsp3) is 0.625. The van der Waals surface area contributed by atoms with Crippen molar-refractivity contribution in [2.75, 3.05) is 13.2 Å². The van der Waals surface area contributed by atoms with Crippen molar-refractivity contribution >= 4 is 17.7 Å². The summed E-state index contributed by atoms with van der Waals surface area (Å²) in [6, 6.07) is 0. The second-order valence-corrected chi connectivity index (χ2v) is 4.14. The molecule has 2 aliphatic heterocycles. The van der Waals surface area contributed by atoms with Crippen molar-refractivity contribution in [2.45, 2.75) is 18.7 Å². The molecular formula is C8H11NO2S. The third kappa shape index (κ3) is 1.20. The Morgan fingerprint density at radius 3 is 3.25 bits per heavy atom. The van der Waals surface area contributed by atoms with E-state index in [1.54, 1.807) is 18.0 Å². The molecule has 0 aromatic rings. The van der Waals surface area contributed by atoms with Crippen molar-refractivity contribution in [3.05, 3.63) is 11.2 Å². The summed E-state index contributed by atoms with van der Waals surface area (Å²) < 4.78 is 5.16. The monoisotopic (exact) mass is 185 g/mol. The average molecular weight is 185 g/mol. The Balaban J connectivity index is 1.94. The summed E-state index contributed by atoms with van der Waals surface area (Å²) in [5, 5.41) is 0.407. The Morgan fingerprint density at radius 1 is 1.83 bits per heavy atom. The van der Waals surface area contributed by atoms with E-state index < -0.39 is 0 Å². The van der Waals surface area contributed by atoms with Gasteiger partial charge in [0.15, 0.2) is 0 Å². The van der Waals surface area contributed by atoms with Gasteiger partial charge in [0.2, 0.25) is 5.91 Å². The maximum Gasteiger partial charge on any atom is 0.226 e. The van der Waals surface area contributed by atoms with E-state index in [0.717, 1.165) is 6.54 Å². The van der Waals surface area contributed by atoms with Gasteiger partial charge in [-0.25, -0.2) is 0 Å². The van der Waals surface area contributed by atoms with E-state index >= 15 is 0 Å². The predicted molar refractivity (Wildman–Crippen MR) is 47.4 cm³/mol. The smallest absolute Gasteiger partial charge is 0.226 e. The summed E-state index contributed by atoms with van der Waals surface area (Å²) in [7, 11) is 0. The zero-order chi connectivity index (χ0) is 8.55. The van der Waals surface area contributed by atoms with Gasteiger partial charge >= 0.3 is 0 Å². The Hall–Kier alpha value is -0.640. The quantitative estimate of drug-likeness (QED) is 0.478. The third-order valence-corrected chi connectivity index (χ3v) is 3.23. The number of fused-ring (bicyclic) bond motifs is 1. The lowest BCUT2D eigenvalue weighted by Gasteiger charge is -2.32. The van der Waals surface area contributed by atoms with Gasteiger partial charge < -0.3 is 9.64 Å². The summed E-state index contributed by atoms with van der Waals surface area (Å²) in [6.45, 7) is 3.41. The van der Waals surface area contributed by atoms with Gasteiger partial charge in [0.05, 0.1) is 31.2 Å². The topological polar surface area (TPSA) is 29.5 Å². The second kappa shape index (κ2) is 3.01. The number of amides is 1. The van der Waals surface area contributed by atoms with E-state index in [1.165, 1.54) is 4.91 Å². The fourth-order valence-corrected chi connectivity index (χ4v) is 2.57. The predicted octanol–water partition coefficient (Wildman–Crippen LogP) is 1.17. The normalized spacial score (nSPS) is 30.4. The number of β-lactam (4-membered cyclic amide) rings is 1. The number of thioether (sulfide) groups is 1. The van der Waals surface area contributed by atoms with Gasteiger partial charge in [-0.3, -0.25) is 4.79 Å². The molecule has 2 heterocycles. The third-order valence-electron chi connectivity index (χ3n) is 2.01. The number of carbonyl (C=O) groups excluding carboxylic acids is 1. The zero-order valence-electron chi connectivity index (χ0n) is 6.95. The minimum absolute atomic E-state index is 0.271. The van der Waals surface area contributed by atoms with E-state index in [-0.39, 0.29) is 5.91 Å². The molecule has 12 heavy (non-hydrogen) atoms. The second-order valence-electron chi connectivity index (χ2n) is 2.84. The standard InChI is InChI=1S/C8H11NO2S/c1-2-11-5-6-4-9-7(10)3-8(9)12-6/h5,8H,2-4H2,1H3/t8-/m0/s1. The SMILES string of the molecule is CCOC=C1CN2C(=O)C[C@@H]2S1. The van der Waals surface area contributed by atoms with Gasteiger partial charge in [-0.2, -0.15) is 0 Å². The van der Waals surface area contributed by atoms with Crippen LogP contribution in [0.5, 0.6) is 0 Å². The molecule has 0 spiro atoms. The molecule has 0 radical (unpaired) electrons. The molecule has 1 atom stereocenters. The minimum Gasteiger partial charge on any atom is -0.501 e. The van der Waals surface area contributed by atoms with Crippen molar-refractivity contribution in [2.24, 2.45) is 0 Å². The number of ether oxygens (including phenoxy) is 1. The van der Waals surface area contributed by atoms with Gasteiger partial charge in [0.25, 0.3) is 0 Å². The van der Waals surface area contributed by atoms with Gasteiger partial charge in [-0.15, -0.1) is 0 Å². The molecule has 0 aromatic heterocycles. The van der Waals surface area contributed by atoms with Gasteiger partial charge in [0, 0.05) is 4.91 Å². The van der Waals surface area contributed by atoms with Crippen LogP contribution in [0.1, 0.15) is 13.3 Å². The van der Waals surface area contributed by atoms with E-state index in [4.69, 9.17) is 4.74 Å². The number of rotatable bonds is 2. The number of nitrogens with zero attached hydrogens (tertiary/aromatic N) is 1. The molecule has 1 amide bonds. The average Bonchev–Trinajstić information content (AvgIpc) is 2.39. The molecule has 0 aliphatic carbocycles. The van der Waals surface area contributed by atoms with E-state index in [0.29, 0.717) is 18.4 Å². The fourth-order valence-electron chi connectivity index (χ4n) is 1.34. The first-order valence-corrected chi connectivity index (χ1v) is 4.96. The molecule has 2 fully saturated rings. The van der Waals surface area contributed by atoms with Crippen LogP contribution >= 0.6 is 11.8 Å². The molecule has 2 aliphatic rings. The summed E-state index contributed by atoms with van der Waals surface area (Å²) in [5.74, 6) is 0.271. The molecule has 4 heteroatoms. The van der Waals surface area contributed by atoms with E-state index in [9.17, 15) is 4.79 Å². The number of hydrogen-bond donors (Lipinski definition) is 0.